The predicted molar refractivity (Wildman–Crippen MR) is 93.5 cm³/mol. The fourth-order valence-electron chi connectivity index (χ4n) is 2.66. The second-order valence-electron chi connectivity index (χ2n) is 5.37. The molecule has 1 aliphatic heterocycles. The van der Waals surface area contributed by atoms with Crippen LogP contribution in [0.25, 0.3) is 0 Å². The van der Waals surface area contributed by atoms with Gasteiger partial charge in [0, 0.05) is 16.7 Å². The number of halogens is 1. The normalized spacial score (nSPS) is 12.7. The third-order valence-corrected chi connectivity index (χ3v) is 4.40. The zero-order valence-corrected chi connectivity index (χ0v) is 14.7. The lowest BCUT2D eigenvalue weighted by molar-refractivity contribution is -0.120. The van der Waals surface area contributed by atoms with E-state index in [9.17, 15) is 9.59 Å². The van der Waals surface area contributed by atoms with Gasteiger partial charge in [0.05, 0.1) is 12.7 Å². The Labute approximate surface area is 148 Å². The highest BCUT2D eigenvalue weighted by Crippen LogP contribution is 2.29. The number of rotatable bonds is 4. The maximum Gasteiger partial charge on any atom is 0.337 e. The summed E-state index contributed by atoms with van der Waals surface area (Å²) in [6.07, 6.45) is 0.712. The number of benzene rings is 2. The molecule has 1 amide bonds. The van der Waals surface area contributed by atoms with Crippen LogP contribution in [0.1, 0.15) is 15.9 Å². The number of amides is 1. The largest absolute Gasteiger partial charge is 0.484 e. The summed E-state index contributed by atoms with van der Waals surface area (Å²) in [6.45, 7) is 0.558. The summed E-state index contributed by atoms with van der Waals surface area (Å²) in [6, 6.07) is 12.6. The molecule has 24 heavy (non-hydrogen) atoms. The average Bonchev–Trinajstić information content (AvgIpc) is 3.03. The molecule has 2 aromatic rings. The van der Waals surface area contributed by atoms with Crippen LogP contribution in [0.15, 0.2) is 46.9 Å². The molecule has 0 spiro atoms. The number of anilines is 1. The smallest absolute Gasteiger partial charge is 0.337 e. The minimum atomic E-state index is -0.374. The van der Waals surface area contributed by atoms with E-state index in [4.69, 9.17) is 9.47 Å². The first-order chi connectivity index (χ1) is 11.6. The van der Waals surface area contributed by atoms with Crippen LogP contribution >= 0.6 is 15.9 Å². The van der Waals surface area contributed by atoms with Crippen LogP contribution in [0.2, 0.25) is 0 Å². The number of methoxy groups -OCH3 is 1. The fourth-order valence-corrected chi connectivity index (χ4v) is 2.92. The van der Waals surface area contributed by atoms with Gasteiger partial charge < -0.3 is 14.4 Å². The predicted octanol–water partition coefficient (Wildman–Crippen LogP) is 3.20. The third kappa shape index (κ3) is 3.43. The molecule has 0 atom stereocenters. The van der Waals surface area contributed by atoms with Gasteiger partial charge in [0.25, 0.3) is 5.91 Å². The minimum Gasteiger partial charge on any atom is -0.484 e. The topological polar surface area (TPSA) is 55.8 Å². The summed E-state index contributed by atoms with van der Waals surface area (Å²) < 4.78 is 11.2. The van der Waals surface area contributed by atoms with Gasteiger partial charge in [0.1, 0.15) is 5.75 Å². The van der Waals surface area contributed by atoms with Crippen LogP contribution in [0.3, 0.4) is 0 Å². The Kier molecular flexibility index (Phi) is 4.85. The van der Waals surface area contributed by atoms with E-state index in [2.05, 4.69) is 15.9 Å². The Morgan fingerprint density at radius 1 is 1.17 bits per heavy atom. The summed E-state index contributed by atoms with van der Waals surface area (Å²) in [4.78, 5) is 25.7. The molecule has 124 valence electrons. The van der Waals surface area contributed by atoms with Gasteiger partial charge in [-0.2, -0.15) is 0 Å². The SMILES string of the molecule is COC(=O)c1ccc2c(c1)CCN2C(=O)COc1ccc(Br)cc1. The van der Waals surface area contributed by atoms with E-state index in [1.54, 1.807) is 35.2 Å². The lowest BCUT2D eigenvalue weighted by atomic mass is 10.1. The Morgan fingerprint density at radius 3 is 2.62 bits per heavy atom. The molecule has 0 unspecified atom stereocenters. The van der Waals surface area contributed by atoms with Crippen molar-refractivity contribution in [1.29, 1.82) is 0 Å². The van der Waals surface area contributed by atoms with E-state index in [0.29, 0.717) is 24.3 Å². The van der Waals surface area contributed by atoms with Gasteiger partial charge in [-0.3, -0.25) is 4.79 Å². The third-order valence-electron chi connectivity index (χ3n) is 3.87. The van der Waals surface area contributed by atoms with E-state index < -0.39 is 0 Å². The van der Waals surface area contributed by atoms with E-state index in [-0.39, 0.29) is 18.5 Å². The Balaban J connectivity index is 1.68. The molecule has 0 aromatic heterocycles. The van der Waals surface area contributed by atoms with Crippen molar-refractivity contribution in [3.63, 3.8) is 0 Å². The Bertz CT molecular complexity index is 773. The van der Waals surface area contributed by atoms with Gasteiger partial charge in [-0.15, -0.1) is 0 Å². The lowest BCUT2D eigenvalue weighted by Crippen LogP contribution is -2.33. The van der Waals surface area contributed by atoms with Crippen molar-refractivity contribution in [1.82, 2.24) is 0 Å². The number of nitrogens with zero attached hydrogens (tertiary/aromatic N) is 1. The monoisotopic (exact) mass is 389 g/mol. The zero-order valence-electron chi connectivity index (χ0n) is 13.1. The molecule has 6 heteroatoms. The minimum absolute atomic E-state index is 0.0280. The maximum atomic E-state index is 12.4. The van der Waals surface area contributed by atoms with Crippen molar-refractivity contribution in [2.24, 2.45) is 0 Å². The second kappa shape index (κ2) is 7.05. The molecular formula is C18H16BrNO4. The highest BCUT2D eigenvalue weighted by Gasteiger charge is 2.25. The van der Waals surface area contributed by atoms with Crippen LogP contribution in [-0.2, 0) is 16.0 Å². The molecule has 0 bridgehead atoms. The molecule has 0 fully saturated rings. The molecule has 0 saturated heterocycles. The molecule has 0 aliphatic carbocycles. The highest BCUT2D eigenvalue weighted by atomic mass is 79.9. The van der Waals surface area contributed by atoms with Crippen LogP contribution in [0.5, 0.6) is 5.75 Å². The van der Waals surface area contributed by atoms with Crippen molar-refractivity contribution in [2.75, 3.05) is 25.2 Å². The first-order valence-electron chi connectivity index (χ1n) is 7.48. The number of hydrogen-bond donors (Lipinski definition) is 0. The molecule has 2 aromatic carbocycles. The fraction of sp³-hybridized carbons (Fsp3) is 0.222. The standard InChI is InChI=1S/C18H16BrNO4/c1-23-18(22)13-2-7-16-12(10-13)8-9-20(16)17(21)11-24-15-5-3-14(19)4-6-15/h2-7,10H,8-9,11H2,1H3. The number of ether oxygens (including phenoxy) is 2. The van der Waals surface area contributed by atoms with Gasteiger partial charge >= 0.3 is 5.97 Å². The number of esters is 1. The molecule has 0 N–H and O–H groups in total. The van der Waals surface area contributed by atoms with Crippen molar-refractivity contribution in [2.45, 2.75) is 6.42 Å². The summed E-state index contributed by atoms with van der Waals surface area (Å²) in [7, 11) is 1.35. The van der Waals surface area contributed by atoms with Crippen molar-refractivity contribution >= 4 is 33.5 Å². The molecule has 5 nitrogen and oxygen atoms in total. The van der Waals surface area contributed by atoms with Crippen molar-refractivity contribution < 1.29 is 19.1 Å². The highest BCUT2D eigenvalue weighted by molar-refractivity contribution is 9.10. The first-order valence-corrected chi connectivity index (χ1v) is 8.28. The zero-order chi connectivity index (χ0) is 17.1. The summed E-state index contributed by atoms with van der Waals surface area (Å²) >= 11 is 3.35. The average molecular weight is 390 g/mol. The lowest BCUT2D eigenvalue weighted by Gasteiger charge is -2.18. The molecule has 3 rings (SSSR count). The van der Waals surface area contributed by atoms with Crippen molar-refractivity contribution in [3.8, 4) is 5.75 Å². The number of carbonyl (C=O) groups excluding carboxylic acids is 2. The van der Waals surface area contributed by atoms with Gasteiger partial charge in [0.15, 0.2) is 6.61 Å². The summed E-state index contributed by atoms with van der Waals surface area (Å²) in [5, 5.41) is 0. The van der Waals surface area contributed by atoms with Gasteiger partial charge in [-0.05, 0) is 54.4 Å². The molecular weight excluding hydrogens is 374 g/mol. The number of hydrogen-bond acceptors (Lipinski definition) is 4. The van der Waals surface area contributed by atoms with Crippen LogP contribution in [0, 0.1) is 0 Å². The maximum absolute atomic E-state index is 12.4. The van der Waals surface area contributed by atoms with E-state index in [0.717, 1.165) is 15.7 Å². The van der Waals surface area contributed by atoms with Crippen LogP contribution < -0.4 is 9.64 Å². The van der Waals surface area contributed by atoms with Gasteiger partial charge in [-0.1, -0.05) is 15.9 Å². The number of fused-ring (bicyclic) bond motifs is 1. The number of carbonyl (C=O) groups is 2. The van der Waals surface area contributed by atoms with Gasteiger partial charge in [-0.25, -0.2) is 4.79 Å². The quantitative estimate of drug-likeness (QED) is 0.753. The van der Waals surface area contributed by atoms with Crippen LogP contribution in [-0.4, -0.2) is 32.1 Å². The first kappa shape index (κ1) is 16.5. The molecule has 0 radical (unpaired) electrons. The van der Waals surface area contributed by atoms with Gasteiger partial charge in [0.2, 0.25) is 0 Å². The second-order valence-corrected chi connectivity index (χ2v) is 6.29. The van der Waals surface area contributed by atoms with E-state index >= 15 is 0 Å². The summed E-state index contributed by atoms with van der Waals surface area (Å²) in [5.41, 5.74) is 2.29. The molecule has 1 aliphatic rings. The van der Waals surface area contributed by atoms with E-state index in [1.165, 1.54) is 7.11 Å². The summed E-state index contributed by atoms with van der Waals surface area (Å²) in [5.74, 6) is 0.163. The Hall–Kier alpha value is -2.34. The molecule has 1 heterocycles. The van der Waals surface area contributed by atoms with Crippen molar-refractivity contribution in [3.05, 3.63) is 58.1 Å². The molecule has 0 saturated carbocycles. The van der Waals surface area contributed by atoms with E-state index in [1.807, 2.05) is 12.1 Å². The Morgan fingerprint density at radius 2 is 1.92 bits per heavy atom. The van der Waals surface area contributed by atoms with Crippen LogP contribution in [0.4, 0.5) is 5.69 Å².